The van der Waals surface area contributed by atoms with Gasteiger partial charge in [-0.15, -0.1) is 0 Å². The topological polar surface area (TPSA) is 66.6 Å². The summed E-state index contributed by atoms with van der Waals surface area (Å²) in [4.78, 5) is 11.8. The molecule has 1 aromatic carbocycles. The van der Waals surface area contributed by atoms with Crippen LogP contribution in [0.15, 0.2) is 18.2 Å². The van der Waals surface area contributed by atoms with E-state index in [9.17, 15) is 14.5 Å². The molecule has 0 aromatic heterocycles. The lowest BCUT2D eigenvalue weighted by Crippen LogP contribution is -2.27. The number of hydrogen-bond donors (Lipinski definition) is 1. The van der Waals surface area contributed by atoms with Gasteiger partial charge in [0, 0.05) is 19.2 Å². The Labute approximate surface area is 111 Å². The Morgan fingerprint density at radius 3 is 2.68 bits per heavy atom. The summed E-state index contributed by atoms with van der Waals surface area (Å²) in [6, 6.07) is 3.92. The van der Waals surface area contributed by atoms with Gasteiger partial charge in [0.1, 0.15) is 0 Å². The lowest BCUT2D eigenvalue weighted by Gasteiger charge is -2.21. The largest absolute Gasteiger partial charge is 0.395 e. The molecule has 0 atom stereocenters. The van der Waals surface area contributed by atoms with Crippen molar-refractivity contribution in [3.63, 3.8) is 0 Å². The van der Waals surface area contributed by atoms with E-state index in [1.807, 2.05) is 4.90 Å². The quantitative estimate of drug-likeness (QED) is 0.581. The standard InChI is InChI=1S/C13H19FN2O3/c1-2-3-6-15(7-8-17)10-11-4-5-13(16(18)19)12(14)9-11/h4-5,9,17H,2-3,6-8,10H2,1H3. The first kappa shape index (κ1) is 15.5. The van der Waals surface area contributed by atoms with E-state index in [4.69, 9.17) is 5.11 Å². The van der Waals surface area contributed by atoms with Crippen LogP contribution >= 0.6 is 0 Å². The summed E-state index contributed by atoms with van der Waals surface area (Å²) in [5, 5.41) is 19.5. The molecule has 19 heavy (non-hydrogen) atoms. The van der Waals surface area contributed by atoms with Crippen LogP contribution in [-0.4, -0.2) is 34.6 Å². The van der Waals surface area contributed by atoms with Crippen LogP contribution in [0.25, 0.3) is 0 Å². The number of halogens is 1. The van der Waals surface area contributed by atoms with Crippen LogP contribution in [0.3, 0.4) is 0 Å². The first-order valence-electron chi connectivity index (χ1n) is 6.34. The van der Waals surface area contributed by atoms with Crippen LogP contribution in [-0.2, 0) is 6.54 Å². The number of hydrogen-bond acceptors (Lipinski definition) is 4. The molecule has 0 bridgehead atoms. The summed E-state index contributed by atoms with van der Waals surface area (Å²) in [6.45, 7) is 3.92. The van der Waals surface area contributed by atoms with Crippen molar-refractivity contribution >= 4 is 5.69 Å². The molecule has 6 heteroatoms. The molecule has 0 heterocycles. The SMILES string of the molecule is CCCCN(CCO)Cc1ccc([N+](=O)[O-])c(F)c1. The Bertz CT molecular complexity index is 426. The molecule has 0 aliphatic carbocycles. The van der Waals surface area contributed by atoms with Crippen molar-refractivity contribution in [2.75, 3.05) is 19.7 Å². The van der Waals surface area contributed by atoms with Crippen molar-refractivity contribution in [1.82, 2.24) is 4.90 Å². The predicted octanol–water partition coefficient (Wildman–Crippen LogP) is 2.33. The molecule has 0 saturated carbocycles. The maximum absolute atomic E-state index is 13.5. The fraction of sp³-hybridized carbons (Fsp3) is 0.538. The number of benzene rings is 1. The second kappa shape index (κ2) is 7.81. The van der Waals surface area contributed by atoms with E-state index in [2.05, 4.69) is 6.92 Å². The third kappa shape index (κ3) is 4.92. The zero-order valence-corrected chi connectivity index (χ0v) is 11.0. The van der Waals surface area contributed by atoms with Gasteiger partial charge in [-0.1, -0.05) is 19.4 Å². The zero-order valence-electron chi connectivity index (χ0n) is 11.0. The highest BCUT2D eigenvalue weighted by molar-refractivity contribution is 5.34. The molecular formula is C13H19FN2O3. The average Bonchev–Trinajstić information content (AvgIpc) is 2.36. The number of nitro groups is 1. The van der Waals surface area contributed by atoms with Crippen molar-refractivity contribution in [3.05, 3.63) is 39.7 Å². The second-order valence-electron chi connectivity index (χ2n) is 4.40. The Kier molecular flexibility index (Phi) is 6.38. The van der Waals surface area contributed by atoms with Gasteiger partial charge in [-0.3, -0.25) is 15.0 Å². The van der Waals surface area contributed by atoms with Gasteiger partial charge in [0.05, 0.1) is 11.5 Å². The van der Waals surface area contributed by atoms with Gasteiger partial charge in [-0.25, -0.2) is 0 Å². The fourth-order valence-corrected chi connectivity index (χ4v) is 1.85. The first-order chi connectivity index (χ1) is 9.08. The fourth-order valence-electron chi connectivity index (χ4n) is 1.85. The van der Waals surface area contributed by atoms with Crippen molar-refractivity contribution in [2.45, 2.75) is 26.3 Å². The van der Waals surface area contributed by atoms with Gasteiger partial charge < -0.3 is 5.11 Å². The number of rotatable bonds is 8. The lowest BCUT2D eigenvalue weighted by molar-refractivity contribution is -0.387. The summed E-state index contributed by atoms with van der Waals surface area (Å²) in [5.74, 6) is -0.818. The molecule has 0 spiro atoms. The summed E-state index contributed by atoms with van der Waals surface area (Å²) >= 11 is 0. The van der Waals surface area contributed by atoms with Crippen molar-refractivity contribution in [2.24, 2.45) is 0 Å². The Hall–Kier alpha value is -1.53. The van der Waals surface area contributed by atoms with Crippen LogP contribution in [0.4, 0.5) is 10.1 Å². The van der Waals surface area contributed by atoms with Crippen LogP contribution in [0, 0.1) is 15.9 Å². The summed E-state index contributed by atoms with van der Waals surface area (Å²) in [7, 11) is 0. The third-order valence-electron chi connectivity index (χ3n) is 2.86. The van der Waals surface area contributed by atoms with Gasteiger partial charge in [0.25, 0.3) is 0 Å². The molecule has 0 aliphatic rings. The molecule has 0 aliphatic heterocycles. The molecule has 0 fully saturated rings. The molecule has 0 amide bonds. The lowest BCUT2D eigenvalue weighted by atomic mass is 10.1. The first-order valence-corrected chi connectivity index (χ1v) is 6.34. The monoisotopic (exact) mass is 270 g/mol. The minimum atomic E-state index is -0.818. The Morgan fingerprint density at radius 2 is 2.16 bits per heavy atom. The van der Waals surface area contributed by atoms with Crippen molar-refractivity contribution < 1.29 is 14.4 Å². The summed E-state index contributed by atoms with van der Waals surface area (Å²) < 4.78 is 13.5. The minimum absolute atomic E-state index is 0.0409. The van der Waals surface area contributed by atoms with E-state index in [-0.39, 0.29) is 6.61 Å². The molecular weight excluding hydrogens is 251 g/mol. The molecule has 1 rings (SSSR count). The summed E-state index contributed by atoms with van der Waals surface area (Å²) in [5.41, 5.74) is 0.165. The van der Waals surface area contributed by atoms with Gasteiger partial charge in [0.2, 0.25) is 5.82 Å². The van der Waals surface area contributed by atoms with E-state index in [0.717, 1.165) is 19.4 Å². The Balaban J connectivity index is 2.73. The molecule has 1 aromatic rings. The van der Waals surface area contributed by atoms with E-state index in [1.54, 1.807) is 6.07 Å². The molecule has 5 nitrogen and oxygen atoms in total. The highest BCUT2D eigenvalue weighted by Gasteiger charge is 2.14. The van der Waals surface area contributed by atoms with E-state index in [1.165, 1.54) is 12.1 Å². The number of nitrogens with zero attached hydrogens (tertiary/aromatic N) is 2. The van der Waals surface area contributed by atoms with Crippen LogP contribution in [0.5, 0.6) is 0 Å². The van der Waals surface area contributed by atoms with Crippen molar-refractivity contribution in [3.8, 4) is 0 Å². The molecule has 106 valence electrons. The maximum atomic E-state index is 13.5. The Morgan fingerprint density at radius 1 is 1.42 bits per heavy atom. The smallest absolute Gasteiger partial charge is 0.304 e. The average molecular weight is 270 g/mol. The zero-order chi connectivity index (χ0) is 14.3. The minimum Gasteiger partial charge on any atom is -0.395 e. The molecule has 0 saturated heterocycles. The van der Waals surface area contributed by atoms with Gasteiger partial charge in [0.15, 0.2) is 0 Å². The van der Waals surface area contributed by atoms with Gasteiger partial charge in [-0.05, 0) is 24.6 Å². The third-order valence-corrected chi connectivity index (χ3v) is 2.86. The van der Waals surface area contributed by atoms with E-state index in [0.29, 0.717) is 18.7 Å². The van der Waals surface area contributed by atoms with E-state index < -0.39 is 16.4 Å². The number of unbranched alkanes of at least 4 members (excludes halogenated alkanes) is 1. The number of aliphatic hydroxyl groups is 1. The van der Waals surface area contributed by atoms with E-state index >= 15 is 0 Å². The van der Waals surface area contributed by atoms with Crippen molar-refractivity contribution in [1.29, 1.82) is 0 Å². The summed E-state index contributed by atoms with van der Waals surface area (Å²) in [6.07, 6.45) is 2.03. The molecule has 0 radical (unpaired) electrons. The molecule has 0 unspecified atom stereocenters. The highest BCUT2D eigenvalue weighted by Crippen LogP contribution is 2.19. The van der Waals surface area contributed by atoms with Crippen LogP contribution < -0.4 is 0 Å². The van der Waals surface area contributed by atoms with Crippen LogP contribution in [0.2, 0.25) is 0 Å². The number of nitro benzene ring substituents is 1. The van der Waals surface area contributed by atoms with Gasteiger partial charge >= 0.3 is 5.69 Å². The maximum Gasteiger partial charge on any atom is 0.304 e. The normalized spacial score (nSPS) is 10.9. The molecule has 1 N–H and O–H groups in total. The predicted molar refractivity (Wildman–Crippen MR) is 70.3 cm³/mol. The van der Waals surface area contributed by atoms with Crippen LogP contribution in [0.1, 0.15) is 25.3 Å². The number of aliphatic hydroxyl groups excluding tert-OH is 1. The van der Waals surface area contributed by atoms with Gasteiger partial charge in [-0.2, -0.15) is 4.39 Å². The second-order valence-corrected chi connectivity index (χ2v) is 4.40. The highest BCUT2D eigenvalue weighted by atomic mass is 19.1.